The normalized spacial score (nSPS) is 11.1. The molecule has 0 unspecified atom stereocenters. The van der Waals surface area contributed by atoms with Crippen LogP contribution in [0.5, 0.6) is 0 Å². The number of hydrogen-bond acceptors (Lipinski definition) is 4. The first-order chi connectivity index (χ1) is 12.8. The third-order valence-electron chi connectivity index (χ3n) is 4.54. The van der Waals surface area contributed by atoms with Crippen LogP contribution in [0.25, 0.3) is 22.6 Å². The molecule has 0 spiro atoms. The Labute approximate surface area is 150 Å². The third-order valence-corrected chi connectivity index (χ3v) is 4.54. The van der Waals surface area contributed by atoms with Crippen molar-refractivity contribution in [1.82, 2.24) is 25.2 Å². The number of hydrogen-bond donors (Lipinski definition) is 1. The number of aromatic amines is 1. The van der Waals surface area contributed by atoms with Crippen molar-refractivity contribution in [2.24, 2.45) is 0 Å². The molecule has 0 saturated heterocycles. The molecule has 0 radical (unpaired) electrons. The summed E-state index contributed by atoms with van der Waals surface area (Å²) in [5.41, 5.74) is 3.52. The molecule has 0 bridgehead atoms. The zero-order chi connectivity index (χ0) is 17.8. The summed E-state index contributed by atoms with van der Waals surface area (Å²) < 4.78 is 1.83. The first kappa shape index (κ1) is 16.2. The number of nitrogens with zero attached hydrogens (tertiary/aromatic N) is 4. The summed E-state index contributed by atoms with van der Waals surface area (Å²) in [7, 11) is 0. The monoisotopic (exact) mass is 345 g/mol. The van der Waals surface area contributed by atoms with Crippen LogP contribution < -0.4 is 5.56 Å². The molecule has 130 valence electrons. The van der Waals surface area contributed by atoms with E-state index in [1.54, 1.807) is 0 Å². The van der Waals surface area contributed by atoms with Crippen LogP contribution in [0.4, 0.5) is 0 Å². The van der Waals surface area contributed by atoms with Gasteiger partial charge in [-0.3, -0.25) is 4.79 Å². The van der Waals surface area contributed by atoms with E-state index in [4.69, 9.17) is 0 Å². The van der Waals surface area contributed by atoms with Gasteiger partial charge in [0.15, 0.2) is 0 Å². The number of fused-ring (bicyclic) bond motifs is 1. The molecule has 1 aliphatic carbocycles. The summed E-state index contributed by atoms with van der Waals surface area (Å²) in [5.74, 6) is 0.342. The quantitative estimate of drug-likeness (QED) is 0.545. The predicted octanol–water partition coefficient (Wildman–Crippen LogP) is 3.16. The van der Waals surface area contributed by atoms with Crippen LogP contribution in [-0.4, -0.2) is 25.2 Å². The molecule has 6 nitrogen and oxygen atoms in total. The minimum atomic E-state index is -0.0627. The molecule has 1 aromatic heterocycles. The molecular formula is C20H19N5O. The first-order valence-electron chi connectivity index (χ1n) is 8.74. The van der Waals surface area contributed by atoms with E-state index in [-0.39, 0.29) is 5.56 Å². The number of unbranched alkanes of at least 4 members (excludes halogenated alkanes) is 1. The molecule has 2 aromatic rings. The second-order valence-electron chi connectivity index (χ2n) is 6.22. The number of benzene rings is 1. The zero-order valence-corrected chi connectivity index (χ0v) is 14.3. The van der Waals surface area contributed by atoms with E-state index in [1.807, 2.05) is 41.0 Å². The zero-order valence-electron chi connectivity index (χ0n) is 14.3. The predicted molar refractivity (Wildman–Crippen MR) is 99.9 cm³/mol. The number of tetrazole rings is 1. The summed E-state index contributed by atoms with van der Waals surface area (Å²) in [6.45, 7) is 0.671. The molecule has 4 rings (SSSR count). The van der Waals surface area contributed by atoms with Gasteiger partial charge in [0, 0.05) is 12.1 Å². The maximum absolute atomic E-state index is 13.0. The van der Waals surface area contributed by atoms with Crippen molar-refractivity contribution < 1.29 is 0 Å². The molecule has 1 aliphatic heterocycles. The van der Waals surface area contributed by atoms with Gasteiger partial charge in [0.1, 0.15) is 0 Å². The maximum Gasteiger partial charge on any atom is 0.262 e. The minimum absolute atomic E-state index is 0.0627. The third kappa shape index (κ3) is 3.13. The largest absolute Gasteiger partial charge is 0.308 e. The van der Waals surface area contributed by atoms with Gasteiger partial charge in [-0.2, -0.15) is 5.21 Å². The fourth-order valence-electron chi connectivity index (χ4n) is 3.29. The van der Waals surface area contributed by atoms with Crippen molar-refractivity contribution in [2.75, 3.05) is 0 Å². The van der Waals surface area contributed by atoms with Crippen molar-refractivity contribution in [3.05, 3.63) is 76.6 Å². The van der Waals surface area contributed by atoms with Crippen molar-refractivity contribution in [2.45, 2.75) is 25.8 Å². The molecule has 0 amide bonds. The number of rotatable bonds is 6. The van der Waals surface area contributed by atoms with Gasteiger partial charge >= 0.3 is 0 Å². The molecule has 26 heavy (non-hydrogen) atoms. The maximum atomic E-state index is 13.0. The summed E-state index contributed by atoms with van der Waals surface area (Å²) in [5, 5.41) is 14.0. The lowest BCUT2D eigenvalue weighted by atomic mass is 10.1. The second kappa shape index (κ2) is 7.31. The molecule has 6 heteroatoms. The van der Waals surface area contributed by atoms with E-state index in [1.165, 1.54) is 5.56 Å². The van der Waals surface area contributed by atoms with Crippen LogP contribution in [0.3, 0.4) is 0 Å². The van der Waals surface area contributed by atoms with E-state index < -0.39 is 0 Å². The Morgan fingerprint density at radius 1 is 0.923 bits per heavy atom. The summed E-state index contributed by atoms with van der Waals surface area (Å²) in [6, 6.07) is 20.1. The fraction of sp³-hybridized carbons (Fsp3) is 0.200. The van der Waals surface area contributed by atoms with Crippen molar-refractivity contribution in [3.63, 3.8) is 0 Å². The molecule has 1 N–H and O–H groups in total. The Hall–Kier alpha value is -3.28. The lowest BCUT2D eigenvalue weighted by molar-refractivity contribution is 0.605. The highest BCUT2D eigenvalue weighted by Gasteiger charge is 2.23. The molecule has 0 saturated carbocycles. The molecule has 2 aliphatic rings. The van der Waals surface area contributed by atoms with Crippen LogP contribution in [0.1, 0.15) is 18.4 Å². The first-order valence-corrected chi connectivity index (χ1v) is 8.74. The minimum Gasteiger partial charge on any atom is -0.308 e. The van der Waals surface area contributed by atoms with Gasteiger partial charge < -0.3 is 4.57 Å². The highest BCUT2D eigenvalue weighted by molar-refractivity contribution is 5.80. The molecule has 2 heterocycles. The Morgan fingerprint density at radius 2 is 1.69 bits per heavy atom. The van der Waals surface area contributed by atoms with E-state index in [9.17, 15) is 4.79 Å². The van der Waals surface area contributed by atoms with Crippen LogP contribution in [0, 0.1) is 0 Å². The Kier molecular flexibility index (Phi) is 4.55. The molecule has 1 aromatic carbocycles. The van der Waals surface area contributed by atoms with Gasteiger partial charge in [-0.1, -0.05) is 54.6 Å². The average molecular weight is 345 g/mol. The highest BCUT2D eigenvalue weighted by atomic mass is 16.1. The van der Waals surface area contributed by atoms with Crippen molar-refractivity contribution in [3.8, 4) is 22.6 Å². The lowest BCUT2D eigenvalue weighted by Gasteiger charge is -2.06. The van der Waals surface area contributed by atoms with E-state index in [2.05, 4.69) is 44.9 Å². The van der Waals surface area contributed by atoms with Crippen LogP contribution in [0.15, 0.2) is 65.5 Å². The summed E-state index contributed by atoms with van der Waals surface area (Å²) in [4.78, 5) is 13.0. The van der Waals surface area contributed by atoms with Gasteiger partial charge in [-0.15, -0.1) is 10.2 Å². The van der Waals surface area contributed by atoms with Gasteiger partial charge in [-0.05, 0) is 36.1 Å². The highest BCUT2D eigenvalue weighted by Crippen LogP contribution is 2.29. The molecular weight excluding hydrogens is 326 g/mol. The Balaban J connectivity index is 1.59. The topological polar surface area (TPSA) is 76.5 Å². The number of aromatic nitrogens is 5. The van der Waals surface area contributed by atoms with Gasteiger partial charge in [0.25, 0.3) is 5.56 Å². The fourth-order valence-corrected chi connectivity index (χ4v) is 3.29. The number of H-pyrrole nitrogens is 1. The van der Waals surface area contributed by atoms with Crippen molar-refractivity contribution in [1.29, 1.82) is 0 Å². The molecule has 0 atom stereocenters. The van der Waals surface area contributed by atoms with E-state index in [0.717, 1.165) is 30.5 Å². The summed E-state index contributed by atoms with van der Waals surface area (Å²) in [6.07, 6.45) is 2.97. The van der Waals surface area contributed by atoms with Crippen LogP contribution in [0.2, 0.25) is 0 Å². The smallest absolute Gasteiger partial charge is 0.262 e. The lowest BCUT2D eigenvalue weighted by Crippen LogP contribution is -2.16. The van der Waals surface area contributed by atoms with Crippen LogP contribution >= 0.6 is 0 Å². The van der Waals surface area contributed by atoms with Gasteiger partial charge in [0.05, 0.1) is 11.3 Å². The number of nitrogens with one attached hydrogen (secondary N) is 1. The SMILES string of the molecule is O=c1c(-c2nn[nH]n2)c2cccccc-2n1CCCCc1ccccc1. The standard InChI is InChI=1S/C20H19N5O/c26-20-18(19-21-23-24-22-19)16-12-5-2-6-13-17(16)25(20)14-8-7-11-15-9-3-1-4-10-15/h1-6,9-10,12-13H,7-8,11,14H2,(H,21,22,23,24). The van der Waals surface area contributed by atoms with Crippen molar-refractivity contribution >= 4 is 0 Å². The van der Waals surface area contributed by atoms with Gasteiger partial charge in [-0.25, -0.2) is 0 Å². The average Bonchev–Trinajstić information content (AvgIpc) is 3.19. The Bertz CT molecular complexity index is 1010. The second-order valence-corrected chi connectivity index (χ2v) is 6.22. The molecule has 0 fully saturated rings. The van der Waals surface area contributed by atoms with E-state index >= 15 is 0 Å². The Morgan fingerprint density at radius 3 is 2.46 bits per heavy atom. The van der Waals surface area contributed by atoms with E-state index in [0.29, 0.717) is 17.9 Å². The summed E-state index contributed by atoms with van der Waals surface area (Å²) >= 11 is 0. The van der Waals surface area contributed by atoms with Crippen LogP contribution in [-0.2, 0) is 13.0 Å². The number of aryl methyl sites for hydroxylation is 1. The van der Waals surface area contributed by atoms with Gasteiger partial charge in [0.2, 0.25) is 5.82 Å².